The van der Waals surface area contributed by atoms with E-state index in [0.717, 1.165) is 16.8 Å². The summed E-state index contributed by atoms with van der Waals surface area (Å²) in [7, 11) is 1.37. The lowest BCUT2D eigenvalue weighted by Gasteiger charge is -2.24. The Labute approximate surface area is 149 Å². The molecule has 1 saturated heterocycles. The zero-order valence-corrected chi connectivity index (χ0v) is 14.8. The number of aliphatic hydroxyl groups excluding tert-OH is 1. The van der Waals surface area contributed by atoms with Gasteiger partial charge >= 0.3 is 5.97 Å². The minimum absolute atomic E-state index is 0.314. The van der Waals surface area contributed by atoms with Crippen LogP contribution in [0.25, 0.3) is 6.08 Å². The van der Waals surface area contributed by atoms with E-state index in [0.29, 0.717) is 13.0 Å². The number of carbonyl (C=O) groups is 1. The standard InChI is InChI=1S/C21H25NO3/c1-4-6-16(7-5-2)8-9-17-10-12-18(13-11-17)22-15-19(23)14-20(22)21(24)25-3/h4-13,19-20,23H,1,14-15H2,2-3H3/b7-5-,9-8+,16-6+. The van der Waals surface area contributed by atoms with Crippen LogP contribution in [0.3, 0.4) is 0 Å². The van der Waals surface area contributed by atoms with E-state index in [9.17, 15) is 9.90 Å². The van der Waals surface area contributed by atoms with Crippen LogP contribution >= 0.6 is 0 Å². The maximum absolute atomic E-state index is 11.9. The average Bonchev–Trinajstić information content (AvgIpc) is 3.01. The number of anilines is 1. The Hall–Kier alpha value is -2.59. The van der Waals surface area contributed by atoms with Gasteiger partial charge in [0.05, 0.1) is 13.2 Å². The molecule has 1 heterocycles. The van der Waals surface area contributed by atoms with Gasteiger partial charge in [-0.05, 0) is 30.2 Å². The Morgan fingerprint density at radius 3 is 2.64 bits per heavy atom. The van der Waals surface area contributed by atoms with Gasteiger partial charge < -0.3 is 14.7 Å². The Morgan fingerprint density at radius 1 is 1.32 bits per heavy atom. The Kier molecular flexibility index (Phi) is 6.78. The van der Waals surface area contributed by atoms with E-state index in [4.69, 9.17) is 4.74 Å². The third-order valence-electron chi connectivity index (χ3n) is 4.11. The quantitative estimate of drug-likeness (QED) is 0.637. The highest BCUT2D eigenvalue weighted by atomic mass is 16.5. The monoisotopic (exact) mass is 339 g/mol. The first-order valence-electron chi connectivity index (χ1n) is 8.35. The molecular formula is C21H25NO3. The molecule has 2 rings (SSSR count). The molecule has 0 radical (unpaired) electrons. The largest absolute Gasteiger partial charge is 0.467 e. The zero-order valence-electron chi connectivity index (χ0n) is 14.8. The summed E-state index contributed by atoms with van der Waals surface area (Å²) in [6.07, 6.45) is 11.6. The van der Waals surface area contributed by atoms with Gasteiger partial charge in [-0.1, -0.05) is 55.2 Å². The molecule has 0 spiro atoms. The molecule has 4 heteroatoms. The molecule has 0 aliphatic carbocycles. The second-order valence-corrected chi connectivity index (χ2v) is 5.91. The van der Waals surface area contributed by atoms with Gasteiger partial charge in [-0.15, -0.1) is 0 Å². The summed E-state index contributed by atoms with van der Waals surface area (Å²) in [5, 5.41) is 9.90. The Bertz CT molecular complexity index is 686. The number of aliphatic hydroxyl groups is 1. The number of nitrogens with zero attached hydrogens (tertiary/aromatic N) is 1. The van der Waals surface area contributed by atoms with Crippen molar-refractivity contribution in [2.75, 3.05) is 18.6 Å². The molecule has 1 aromatic carbocycles. The van der Waals surface area contributed by atoms with Crippen molar-refractivity contribution in [3.8, 4) is 0 Å². The van der Waals surface area contributed by atoms with Crippen molar-refractivity contribution in [2.24, 2.45) is 0 Å². The molecule has 0 bridgehead atoms. The Morgan fingerprint density at radius 2 is 2.04 bits per heavy atom. The number of hydrogen-bond acceptors (Lipinski definition) is 4. The zero-order chi connectivity index (χ0) is 18.2. The second kappa shape index (κ2) is 9.04. The summed E-state index contributed by atoms with van der Waals surface area (Å²) < 4.78 is 4.85. The molecule has 0 saturated carbocycles. The number of ether oxygens (including phenoxy) is 1. The molecule has 1 aliphatic rings. The first-order valence-corrected chi connectivity index (χ1v) is 8.35. The smallest absolute Gasteiger partial charge is 0.328 e. The molecule has 0 aromatic heterocycles. The van der Waals surface area contributed by atoms with Crippen molar-refractivity contribution in [1.29, 1.82) is 0 Å². The van der Waals surface area contributed by atoms with E-state index in [1.807, 2.05) is 66.5 Å². The van der Waals surface area contributed by atoms with Gasteiger partial charge in [-0.25, -0.2) is 4.79 Å². The summed E-state index contributed by atoms with van der Waals surface area (Å²) >= 11 is 0. The number of β-amino-alcohol motifs (C(OH)–C–C–N with tert-alkyl or cyclic N) is 1. The van der Waals surface area contributed by atoms with E-state index in [-0.39, 0.29) is 5.97 Å². The first-order chi connectivity index (χ1) is 12.1. The van der Waals surface area contributed by atoms with Crippen LogP contribution < -0.4 is 4.90 Å². The molecular weight excluding hydrogens is 314 g/mol. The van der Waals surface area contributed by atoms with Crippen LogP contribution in [0.15, 0.2) is 66.8 Å². The summed E-state index contributed by atoms with van der Waals surface area (Å²) in [6, 6.07) is 7.47. The van der Waals surface area contributed by atoms with Gasteiger partial charge in [-0.3, -0.25) is 0 Å². The third-order valence-corrected chi connectivity index (χ3v) is 4.11. The van der Waals surface area contributed by atoms with Crippen LogP contribution in [0.4, 0.5) is 5.69 Å². The van der Waals surface area contributed by atoms with Crippen molar-refractivity contribution in [2.45, 2.75) is 25.5 Å². The van der Waals surface area contributed by atoms with Gasteiger partial charge in [0.15, 0.2) is 0 Å². The highest BCUT2D eigenvalue weighted by Crippen LogP contribution is 2.27. The lowest BCUT2D eigenvalue weighted by molar-refractivity contribution is -0.142. The first kappa shape index (κ1) is 18.7. The highest BCUT2D eigenvalue weighted by Gasteiger charge is 2.36. The average molecular weight is 339 g/mol. The third kappa shape index (κ3) is 4.94. The van der Waals surface area contributed by atoms with E-state index in [2.05, 4.69) is 6.58 Å². The van der Waals surface area contributed by atoms with E-state index >= 15 is 0 Å². The van der Waals surface area contributed by atoms with Crippen molar-refractivity contribution in [1.82, 2.24) is 0 Å². The van der Waals surface area contributed by atoms with Gasteiger partial charge in [0.1, 0.15) is 6.04 Å². The lowest BCUT2D eigenvalue weighted by Crippen LogP contribution is -2.36. The highest BCUT2D eigenvalue weighted by molar-refractivity contribution is 5.81. The molecule has 1 N–H and O–H groups in total. The number of allylic oxidation sites excluding steroid dienone is 6. The number of rotatable bonds is 6. The van der Waals surface area contributed by atoms with Crippen LogP contribution in [-0.2, 0) is 9.53 Å². The number of hydrogen-bond donors (Lipinski definition) is 1. The molecule has 0 amide bonds. The number of methoxy groups -OCH3 is 1. The predicted molar refractivity (Wildman–Crippen MR) is 102 cm³/mol. The summed E-state index contributed by atoms with van der Waals surface area (Å²) in [5.41, 5.74) is 3.02. The molecule has 25 heavy (non-hydrogen) atoms. The molecule has 4 nitrogen and oxygen atoms in total. The topological polar surface area (TPSA) is 49.8 Å². The number of esters is 1. The molecule has 2 atom stereocenters. The molecule has 1 aromatic rings. The fourth-order valence-corrected chi connectivity index (χ4v) is 2.92. The maximum atomic E-state index is 11.9. The van der Waals surface area contributed by atoms with Gasteiger partial charge in [0, 0.05) is 18.7 Å². The van der Waals surface area contributed by atoms with E-state index in [1.54, 1.807) is 6.08 Å². The van der Waals surface area contributed by atoms with Crippen molar-refractivity contribution in [3.05, 3.63) is 72.4 Å². The van der Waals surface area contributed by atoms with E-state index < -0.39 is 12.1 Å². The van der Waals surface area contributed by atoms with Crippen molar-refractivity contribution < 1.29 is 14.6 Å². The Balaban J connectivity index is 2.15. The van der Waals surface area contributed by atoms with Crippen LogP contribution in [-0.4, -0.2) is 36.9 Å². The number of benzene rings is 1. The summed E-state index contributed by atoms with van der Waals surface area (Å²) in [6.45, 7) is 6.13. The SMILES string of the molecule is C=C/C=C(\C=C/C)/C=C/c1ccc(N2CC(O)CC2C(=O)OC)cc1. The second-order valence-electron chi connectivity index (χ2n) is 5.91. The van der Waals surface area contributed by atoms with Gasteiger partial charge in [-0.2, -0.15) is 0 Å². The fraction of sp³-hybridized carbons (Fsp3) is 0.286. The van der Waals surface area contributed by atoms with Crippen LogP contribution in [0.2, 0.25) is 0 Å². The normalized spacial score (nSPS) is 21.2. The number of carbonyl (C=O) groups excluding carboxylic acids is 1. The van der Waals surface area contributed by atoms with Crippen molar-refractivity contribution >= 4 is 17.7 Å². The molecule has 2 unspecified atom stereocenters. The van der Waals surface area contributed by atoms with Crippen LogP contribution in [0, 0.1) is 0 Å². The van der Waals surface area contributed by atoms with Crippen LogP contribution in [0.5, 0.6) is 0 Å². The minimum atomic E-state index is -0.517. The van der Waals surface area contributed by atoms with Gasteiger partial charge in [0.2, 0.25) is 0 Å². The minimum Gasteiger partial charge on any atom is -0.467 e. The molecule has 132 valence electrons. The van der Waals surface area contributed by atoms with Crippen LogP contribution in [0.1, 0.15) is 18.9 Å². The summed E-state index contributed by atoms with van der Waals surface area (Å²) in [5.74, 6) is -0.314. The fourth-order valence-electron chi connectivity index (χ4n) is 2.92. The predicted octanol–water partition coefficient (Wildman–Crippen LogP) is 3.50. The maximum Gasteiger partial charge on any atom is 0.328 e. The molecule has 1 fully saturated rings. The van der Waals surface area contributed by atoms with Crippen molar-refractivity contribution in [3.63, 3.8) is 0 Å². The van der Waals surface area contributed by atoms with Gasteiger partial charge in [0.25, 0.3) is 0 Å². The van der Waals surface area contributed by atoms with E-state index in [1.165, 1.54) is 7.11 Å². The summed E-state index contributed by atoms with van der Waals surface area (Å²) in [4.78, 5) is 13.8. The lowest BCUT2D eigenvalue weighted by atomic mass is 10.1. The molecule has 1 aliphatic heterocycles.